The van der Waals surface area contributed by atoms with E-state index in [1.54, 1.807) is 25.1 Å². The van der Waals surface area contributed by atoms with Crippen LogP contribution >= 0.6 is 0 Å². The quantitative estimate of drug-likeness (QED) is 0.673. The Morgan fingerprint density at radius 2 is 1.93 bits per heavy atom. The van der Waals surface area contributed by atoms with Crippen molar-refractivity contribution in [1.29, 1.82) is 0 Å². The van der Waals surface area contributed by atoms with Gasteiger partial charge in [0.15, 0.2) is 11.5 Å². The van der Waals surface area contributed by atoms with Gasteiger partial charge in [-0.05, 0) is 48.9 Å². The number of nitrogens with zero attached hydrogens (tertiary/aromatic N) is 1. The molecule has 0 fully saturated rings. The monoisotopic (exact) mass is 381 g/mol. The average molecular weight is 381 g/mol. The minimum Gasteiger partial charge on any atom is -0.503 e. The molecule has 1 aliphatic heterocycles. The lowest BCUT2D eigenvalue weighted by Gasteiger charge is -2.25. The number of amides is 1. The normalized spacial score (nSPS) is 16.9. The van der Waals surface area contributed by atoms with Crippen molar-refractivity contribution in [1.82, 2.24) is 4.90 Å². The van der Waals surface area contributed by atoms with Crippen LogP contribution in [0.3, 0.4) is 0 Å². The molecule has 7 heteroatoms. The number of aryl methyl sites for hydroxylation is 1. The van der Waals surface area contributed by atoms with E-state index < -0.39 is 29.3 Å². The predicted molar refractivity (Wildman–Crippen MR) is 95.8 cm³/mol. The van der Waals surface area contributed by atoms with Crippen LogP contribution in [0.1, 0.15) is 33.7 Å². The van der Waals surface area contributed by atoms with E-state index in [2.05, 4.69) is 0 Å². The highest BCUT2D eigenvalue weighted by molar-refractivity contribution is 6.15. The molecular weight excluding hydrogens is 365 g/mol. The van der Waals surface area contributed by atoms with E-state index in [1.165, 1.54) is 41.5 Å². The zero-order valence-corrected chi connectivity index (χ0v) is 14.9. The molecule has 1 amide bonds. The van der Waals surface area contributed by atoms with Gasteiger partial charge in [0, 0.05) is 0 Å². The maximum absolute atomic E-state index is 13.4. The number of carbonyl (C=O) groups excluding carboxylic acids is 2. The zero-order valence-electron chi connectivity index (χ0n) is 14.9. The molecule has 6 nitrogen and oxygen atoms in total. The summed E-state index contributed by atoms with van der Waals surface area (Å²) in [6, 6.07) is 11.0. The number of benzene rings is 1. The standard InChI is InChI=1S/C21H16FNO5/c1-12-4-9-16(28-12)19(24)17-18(13-5-7-14(22)8-6-13)23(21(26)20(17)25)11-15-3-2-10-27-15/h2-10,18,25H,11H2,1H3. The Morgan fingerprint density at radius 1 is 1.18 bits per heavy atom. The second-order valence-electron chi connectivity index (χ2n) is 6.47. The summed E-state index contributed by atoms with van der Waals surface area (Å²) in [5.74, 6) is -1.39. The van der Waals surface area contributed by atoms with Crippen molar-refractivity contribution >= 4 is 11.7 Å². The minimum atomic E-state index is -0.906. The first-order valence-electron chi connectivity index (χ1n) is 8.59. The lowest BCUT2D eigenvalue weighted by Crippen LogP contribution is -2.30. The summed E-state index contributed by atoms with van der Waals surface area (Å²) < 4.78 is 24.1. The fourth-order valence-corrected chi connectivity index (χ4v) is 3.30. The molecule has 28 heavy (non-hydrogen) atoms. The molecule has 2 aromatic heterocycles. The zero-order chi connectivity index (χ0) is 19.8. The number of hydrogen-bond acceptors (Lipinski definition) is 5. The Kier molecular flexibility index (Phi) is 4.35. The average Bonchev–Trinajstić information content (AvgIpc) is 3.40. The summed E-state index contributed by atoms with van der Waals surface area (Å²) in [4.78, 5) is 27.1. The fourth-order valence-electron chi connectivity index (χ4n) is 3.30. The van der Waals surface area contributed by atoms with E-state index in [0.717, 1.165) is 0 Å². The summed E-state index contributed by atoms with van der Waals surface area (Å²) >= 11 is 0. The van der Waals surface area contributed by atoms with E-state index in [4.69, 9.17) is 8.83 Å². The third-order valence-electron chi connectivity index (χ3n) is 4.60. The molecule has 142 valence electrons. The number of hydrogen-bond donors (Lipinski definition) is 1. The van der Waals surface area contributed by atoms with E-state index in [-0.39, 0.29) is 17.9 Å². The van der Waals surface area contributed by atoms with Crippen molar-refractivity contribution in [2.24, 2.45) is 0 Å². The minimum absolute atomic E-state index is 0.0128. The van der Waals surface area contributed by atoms with E-state index in [0.29, 0.717) is 17.1 Å². The first-order valence-corrected chi connectivity index (χ1v) is 8.59. The van der Waals surface area contributed by atoms with Crippen LogP contribution in [0.25, 0.3) is 0 Å². The van der Waals surface area contributed by atoms with Gasteiger partial charge in [-0.15, -0.1) is 0 Å². The molecule has 0 aliphatic carbocycles. The van der Waals surface area contributed by atoms with Crippen LogP contribution < -0.4 is 0 Å². The van der Waals surface area contributed by atoms with E-state index in [9.17, 15) is 19.1 Å². The lowest BCUT2D eigenvalue weighted by atomic mass is 9.95. The SMILES string of the molecule is Cc1ccc(C(=O)C2=C(O)C(=O)N(Cc3ccco3)C2c2ccc(F)cc2)o1. The number of carbonyl (C=O) groups is 2. The maximum Gasteiger partial charge on any atom is 0.290 e. The molecule has 0 spiro atoms. The highest BCUT2D eigenvalue weighted by Crippen LogP contribution is 2.40. The second kappa shape index (κ2) is 6.84. The molecule has 0 saturated carbocycles. The van der Waals surface area contributed by atoms with Crippen LogP contribution in [0.15, 0.2) is 75.0 Å². The van der Waals surface area contributed by atoms with Crippen molar-refractivity contribution < 1.29 is 27.9 Å². The number of aliphatic hydroxyl groups excluding tert-OH is 1. The Balaban J connectivity index is 1.80. The van der Waals surface area contributed by atoms with Gasteiger partial charge in [-0.25, -0.2) is 4.39 Å². The Hall–Kier alpha value is -3.61. The molecule has 3 heterocycles. The molecule has 1 atom stereocenters. The van der Waals surface area contributed by atoms with Crippen LogP contribution in [0.4, 0.5) is 4.39 Å². The maximum atomic E-state index is 13.4. The Morgan fingerprint density at radius 3 is 2.54 bits per heavy atom. The molecule has 3 aromatic rings. The van der Waals surface area contributed by atoms with Crippen molar-refractivity contribution in [2.75, 3.05) is 0 Å². The Labute approximate surface area is 159 Å². The number of aliphatic hydroxyl groups is 1. The van der Waals surface area contributed by atoms with Crippen molar-refractivity contribution in [2.45, 2.75) is 19.5 Å². The molecular formula is C21H16FNO5. The summed E-state index contributed by atoms with van der Waals surface area (Å²) in [6.07, 6.45) is 1.47. The van der Waals surface area contributed by atoms with Crippen LogP contribution in [-0.4, -0.2) is 21.7 Å². The molecule has 4 rings (SSSR count). The third-order valence-corrected chi connectivity index (χ3v) is 4.60. The van der Waals surface area contributed by atoms with Gasteiger partial charge in [0.25, 0.3) is 5.91 Å². The van der Waals surface area contributed by atoms with Gasteiger partial charge >= 0.3 is 0 Å². The number of ketones is 1. The topological polar surface area (TPSA) is 83.9 Å². The summed E-state index contributed by atoms with van der Waals surface area (Å²) in [6.45, 7) is 1.72. The highest BCUT2D eigenvalue weighted by atomic mass is 19.1. The highest BCUT2D eigenvalue weighted by Gasteiger charge is 2.44. The van der Waals surface area contributed by atoms with Crippen LogP contribution in [0, 0.1) is 12.7 Å². The lowest BCUT2D eigenvalue weighted by molar-refractivity contribution is -0.130. The van der Waals surface area contributed by atoms with E-state index >= 15 is 0 Å². The van der Waals surface area contributed by atoms with Gasteiger partial charge < -0.3 is 18.8 Å². The van der Waals surface area contributed by atoms with Crippen molar-refractivity contribution in [3.63, 3.8) is 0 Å². The van der Waals surface area contributed by atoms with Crippen molar-refractivity contribution in [3.8, 4) is 0 Å². The summed E-state index contributed by atoms with van der Waals surface area (Å²) in [5.41, 5.74) is 0.370. The van der Waals surface area contributed by atoms with Crippen LogP contribution in [-0.2, 0) is 11.3 Å². The molecule has 1 N–H and O–H groups in total. The molecule has 1 aromatic carbocycles. The summed E-state index contributed by atoms with van der Waals surface area (Å²) in [7, 11) is 0. The van der Waals surface area contributed by atoms with Gasteiger partial charge in [0.2, 0.25) is 5.78 Å². The molecule has 1 unspecified atom stereocenters. The molecule has 1 aliphatic rings. The largest absolute Gasteiger partial charge is 0.503 e. The van der Waals surface area contributed by atoms with E-state index in [1.807, 2.05) is 0 Å². The first kappa shape index (κ1) is 17.8. The smallest absolute Gasteiger partial charge is 0.290 e. The molecule has 0 saturated heterocycles. The van der Waals surface area contributed by atoms with Crippen LogP contribution in [0.2, 0.25) is 0 Å². The van der Waals surface area contributed by atoms with Gasteiger partial charge in [0.1, 0.15) is 17.3 Å². The van der Waals surface area contributed by atoms with Gasteiger partial charge in [-0.1, -0.05) is 12.1 Å². The molecule has 0 bridgehead atoms. The third kappa shape index (κ3) is 3.00. The molecule has 0 radical (unpaired) electrons. The second-order valence-corrected chi connectivity index (χ2v) is 6.47. The van der Waals surface area contributed by atoms with Gasteiger partial charge in [0.05, 0.1) is 24.4 Å². The van der Waals surface area contributed by atoms with Crippen molar-refractivity contribution in [3.05, 3.63) is 94.8 Å². The van der Waals surface area contributed by atoms with Gasteiger partial charge in [-0.2, -0.15) is 0 Å². The predicted octanol–water partition coefficient (Wildman–Crippen LogP) is 4.10. The number of rotatable bonds is 5. The van der Waals surface area contributed by atoms with Crippen LogP contribution in [0.5, 0.6) is 0 Å². The Bertz CT molecular complexity index is 1060. The van der Waals surface area contributed by atoms with Gasteiger partial charge in [-0.3, -0.25) is 9.59 Å². The first-order chi connectivity index (χ1) is 13.5. The number of Topliss-reactive ketones (excluding diaryl/α,β-unsaturated/α-hetero) is 1. The summed E-state index contributed by atoms with van der Waals surface area (Å²) in [5, 5.41) is 10.5. The fraction of sp³-hybridized carbons (Fsp3) is 0.143. The number of furan rings is 2. The number of halogens is 1.